The molecule has 0 bridgehead atoms. The Morgan fingerprint density at radius 3 is 1.65 bits per heavy atom. The highest BCUT2D eigenvalue weighted by atomic mass is 32.1. The first-order chi connectivity index (χ1) is 25.3. The number of benzene rings is 8. The zero-order chi connectivity index (χ0) is 33.7. The minimum atomic E-state index is 1.13. The summed E-state index contributed by atoms with van der Waals surface area (Å²) in [6.07, 6.45) is 0. The Labute approximate surface area is 300 Å². The van der Waals surface area contributed by atoms with Crippen LogP contribution in [0, 0.1) is 0 Å². The van der Waals surface area contributed by atoms with E-state index in [1.165, 1.54) is 69.9 Å². The monoisotopic (exact) mass is 668 g/mol. The van der Waals surface area contributed by atoms with Crippen molar-refractivity contribution in [1.82, 2.24) is 4.57 Å². The normalized spacial score (nSPS) is 11.5. The predicted octanol–water partition coefficient (Wildman–Crippen LogP) is 14.0. The average Bonchev–Trinajstić information content (AvgIpc) is 3.75. The molecule has 0 aliphatic heterocycles. The first kappa shape index (κ1) is 29.5. The minimum Gasteiger partial charge on any atom is -0.310 e. The van der Waals surface area contributed by atoms with E-state index in [1.54, 1.807) is 0 Å². The summed E-state index contributed by atoms with van der Waals surface area (Å²) in [6, 6.07) is 70.2. The highest BCUT2D eigenvalue weighted by Gasteiger charge is 2.17. The number of hydrogen-bond donors (Lipinski definition) is 0. The summed E-state index contributed by atoms with van der Waals surface area (Å²) < 4.78 is 5.10. The Hall–Kier alpha value is -6.42. The number of aromatic nitrogens is 1. The Morgan fingerprint density at radius 1 is 0.353 bits per heavy atom. The third-order valence-electron chi connectivity index (χ3n) is 9.98. The van der Waals surface area contributed by atoms with Crippen molar-refractivity contribution in [2.24, 2.45) is 0 Å². The van der Waals surface area contributed by atoms with Crippen LogP contribution < -0.4 is 4.90 Å². The largest absolute Gasteiger partial charge is 0.310 e. The fourth-order valence-electron chi connectivity index (χ4n) is 7.60. The first-order valence-electron chi connectivity index (χ1n) is 17.4. The fourth-order valence-corrected chi connectivity index (χ4v) is 8.81. The highest BCUT2D eigenvalue weighted by molar-refractivity contribution is 7.26. The molecule has 240 valence electrons. The zero-order valence-corrected chi connectivity index (χ0v) is 28.6. The Kier molecular flexibility index (Phi) is 7.04. The van der Waals surface area contributed by atoms with E-state index in [4.69, 9.17) is 0 Å². The molecule has 0 unspecified atom stereocenters. The molecule has 0 N–H and O–H groups in total. The summed E-state index contributed by atoms with van der Waals surface area (Å²) in [7, 11) is 0. The van der Waals surface area contributed by atoms with Crippen molar-refractivity contribution in [1.29, 1.82) is 0 Å². The Morgan fingerprint density at radius 2 is 0.902 bits per heavy atom. The van der Waals surface area contributed by atoms with Gasteiger partial charge < -0.3 is 9.47 Å². The number of fused-ring (bicyclic) bond motifs is 6. The molecule has 51 heavy (non-hydrogen) atoms. The van der Waals surface area contributed by atoms with Crippen molar-refractivity contribution < 1.29 is 0 Å². The van der Waals surface area contributed by atoms with E-state index in [0.717, 1.165) is 17.1 Å². The van der Waals surface area contributed by atoms with Crippen LogP contribution in [0.2, 0.25) is 0 Å². The van der Waals surface area contributed by atoms with Gasteiger partial charge in [0.05, 0.1) is 21.4 Å². The molecule has 0 aliphatic rings. The van der Waals surface area contributed by atoms with Crippen LogP contribution in [0.5, 0.6) is 0 Å². The molecule has 3 heteroatoms. The van der Waals surface area contributed by atoms with Crippen LogP contribution in [0.15, 0.2) is 194 Å². The molecule has 0 spiro atoms. The van der Waals surface area contributed by atoms with E-state index in [2.05, 4.69) is 204 Å². The molecule has 0 fully saturated rings. The second kappa shape index (κ2) is 12.2. The van der Waals surface area contributed by atoms with Crippen molar-refractivity contribution >= 4 is 70.4 Å². The minimum absolute atomic E-state index is 1.13. The van der Waals surface area contributed by atoms with E-state index < -0.39 is 0 Å². The van der Waals surface area contributed by atoms with Gasteiger partial charge in [-0.2, -0.15) is 0 Å². The van der Waals surface area contributed by atoms with Gasteiger partial charge in [-0.15, -0.1) is 11.3 Å². The van der Waals surface area contributed by atoms with Crippen LogP contribution in [-0.2, 0) is 0 Å². The van der Waals surface area contributed by atoms with Gasteiger partial charge in [0.15, 0.2) is 0 Å². The molecular formula is C48H32N2S. The quantitative estimate of drug-likeness (QED) is 0.171. The van der Waals surface area contributed by atoms with Gasteiger partial charge in [-0.05, 0) is 89.0 Å². The zero-order valence-electron chi connectivity index (χ0n) is 27.8. The Bertz CT molecular complexity index is 2810. The molecule has 10 aromatic rings. The van der Waals surface area contributed by atoms with Crippen molar-refractivity contribution in [2.75, 3.05) is 4.90 Å². The molecule has 0 saturated carbocycles. The van der Waals surface area contributed by atoms with Crippen molar-refractivity contribution in [2.45, 2.75) is 0 Å². The molecule has 10 rings (SSSR count). The topological polar surface area (TPSA) is 8.17 Å². The lowest BCUT2D eigenvalue weighted by molar-refractivity contribution is 1.20. The summed E-state index contributed by atoms with van der Waals surface area (Å²) in [5.41, 5.74) is 11.9. The van der Waals surface area contributed by atoms with Gasteiger partial charge in [0.25, 0.3) is 0 Å². The maximum Gasteiger partial charge on any atom is 0.0640 e. The summed E-state index contributed by atoms with van der Waals surface area (Å²) in [5.74, 6) is 0. The van der Waals surface area contributed by atoms with Crippen LogP contribution in [0.1, 0.15) is 0 Å². The first-order valence-corrected chi connectivity index (χ1v) is 18.2. The van der Waals surface area contributed by atoms with Gasteiger partial charge in [0.1, 0.15) is 0 Å². The van der Waals surface area contributed by atoms with Gasteiger partial charge in [0, 0.05) is 43.3 Å². The third kappa shape index (κ3) is 5.01. The average molecular weight is 669 g/mol. The molecule has 2 aromatic heterocycles. The number of anilines is 3. The fraction of sp³-hybridized carbons (Fsp3) is 0. The van der Waals surface area contributed by atoms with Crippen LogP contribution >= 0.6 is 11.3 Å². The van der Waals surface area contributed by atoms with Crippen molar-refractivity contribution in [3.63, 3.8) is 0 Å². The smallest absolute Gasteiger partial charge is 0.0640 e. The summed E-state index contributed by atoms with van der Waals surface area (Å²) in [6.45, 7) is 0. The van der Waals surface area contributed by atoms with Gasteiger partial charge in [-0.3, -0.25) is 0 Å². The number of thiophene rings is 1. The molecule has 0 amide bonds. The van der Waals surface area contributed by atoms with Crippen LogP contribution in [0.3, 0.4) is 0 Å². The second-order valence-electron chi connectivity index (χ2n) is 13.0. The Balaban J connectivity index is 1.04. The molecule has 2 nitrogen and oxygen atoms in total. The number of hydrogen-bond acceptors (Lipinski definition) is 2. The van der Waals surface area contributed by atoms with Crippen molar-refractivity contribution in [3.05, 3.63) is 194 Å². The number of nitrogens with zero attached hydrogens (tertiary/aromatic N) is 2. The molecule has 0 saturated heterocycles. The van der Waals surface area contributed by atoms with E-state index in [9.17, 15) is 0 Å². The molecule has 0 radical (unpaired) electrons. The van der Waals surface area contributed by atoms with E-state index in [0.29, 0.717) is 0 Å². The standard InChI is InChI=1S/C48H32N2S/c1-3-14-37(15-4-1)49(38-16-5-2-6-17-38)39-18-11-13-35(31-39)33-25-27-34(28-26-33)36-29-30-45-43(32-36)40-19-7-9-22-44(40)50(45)46-23-12-21-42-41-20-8-10-24-47(41)51-48(42)46/h1-32H. The second-order valence-corrected chi connectivity index (χ2v) is 14.0. The van der Waals surface area contributed by atoms with Crippen LogP contribution in [0.4, 0.5) is 17.1 Å². The molecule has 8 aromatic carbocycles. The van der Waals surface area contributed by atoms with Crippen molar-refractivity contribution in [3.8, 4) is 27.9 Å². The van der Waals surface area contributed by atoms with Gasteiger partial charge in [-0.25, -0.2) is 0 Å². The lowest BCUT2D eigenvalue weighted by Crippen LogP contribution is -2.09. The van der Waals surface area contributed by atoms with E-state index >= 15 is 0 Å². The van der Waals surface area contributed by atoms with Gasteiger partial charge >= 0.3 is 0 Å². The maximum atomic E-state index is 2.45. The van der Waals surface area contributed by atoms with Gasteiger partial charge in [0.2, 0.25) is 0 Å². The van der Waals surface area contributed by atoms with Crippen LogP contribution in [-0.4, -0.2) is 4.57 Å². The van der Waals surface area contributed by atoms with Crippen LogP contribution in [0.25, 0.3) is 69.9 Å². The molecule has 0 aliphatic carbocycles. The predicted molar refractivity (Wildman–Crippen MR) is 219 cm³/mol. The number of rotatable bonds is 6. The third-order valence-corrected chi connectivity index (χ3v) is 11.2. The molecular weight excluding hydrogens is 637 g/mol. The highest BCUT2D eigenvalue weighted by Crippen LogP contribution is 2.42. The lowest BCUT2D eigenvalue weighted by atomic mass is 9.98. The molecule has 2 heterocycles. The SMILES string of the molecule is c1ccc(N(c2ccccc2)c2cccc(-c3ccc(-c4ccc5c(c4)c4ccccc4n5-c4cccc5c4sc4ccccc45)cc3)c2)cc1. The summed E-state index contributed by atoms with van der Waals surface area (Å²) in [5, 5.41) is 5.17. The number of para-hydroxylation sites is 3. The van der Waals surface area contributed by atoms with E-state index in [1.807, 2.05) is 11.3 Å². The maximum absolute atomic E-state index is 2.45. The van der Waals surface area contributed by atoms with Gasteiger partial charge in [-0.1, -0.05) is 127 Å². The summed E-state index contributed by atoms with van der Waals surface area (Å²) >= 11 is 1.88. The lowest BCUT2D eigenvalue weighted by Gasteiger charge is -2.25. The van der Waals surface area contributed by atoms with E-state index in [-0.39, 0.29) is 0 Å². The molecule has 0 atom stereocenters. The summed E-state index contributed by atoms with van der Waals surface area (Å²) in [4.78, 5) is 2.31.